The van der Waals surface area contributed by atoms with Crippen LogP contribution in [0, 0.1) is 0 Å². The van der Waals surface area contributed by atoms with Crippen molar-refractivity contribution in [1.82, 2.24) is 5.16 Å². The zero-order valence-electron chi connectivity index (χ0n) is 11.2. The molecule has 114 valence electrons. The predicted octanol–water partition coefficient (Wildman–Crippen LogP) is 0.921. The molecule has 0 saturated heterocycles. The highest BCUT2D eigenvalue weighted by Gasteiger charge is 2.22. The number of hydrogen-bond donors (Lipinski definition) is 2. The van der Waals surface area contributed by atoms with Crippen molar-refractivity contribution >= 4 is 31.4 Å². The Morgan fingerprint density at radius 2 is 1.86 bits per heavy atom. The van der Waals surface area contributed by atoms with Crippen LogP contribution < -0.4 is 10.0 Å². The minimum Gasteiger partial charge on any atom is -0.387 e. The van der Waals surface area contributed by atoms with Gasteiger partial charge in [0.1, 0.15) is 11.2 Å². The van der Waals surface area contributed by atoms with Gasteiger partial charge in [-0.05, 0) is 18.2 Å². The van der Waals surface area contributed by atoms with Crippen LogP contribution in [0.3, 0.4) is 0 Å². The highest BCUT2D eigenvalue weighted by atomic mass is 32.2. The molecule has 1 aromatic heterocycles. The molecule has 0 radical (unpaired) electrons. The summed E-state index contributed by atoms with van der Waals surface area (Å²) in [5.41, 5.74) is 0.262. The Morgan fingerprint density at radius 1 is 1.14 bits per heavy atom. The van der Waals surface area contributed by atoms with Crippen molar-refractivity contribution in [3.05, 3.63) is 30.5 Å². The van der Waals surface area contributed by atoms with Crippen molar-refractivity contribution in [3.63, 3.8) is 0 Å². The number of anilines is 2. The summed E-state index contributed by atoms with van der Waals surface area (Å²) >= 11 is 0. The van der Waals surface area contributed by atoms with Crippen LogP contribution in [0.1, 0.15) is 0 Å². The zero-order chi connectivity index (χ0) is 15.7. The maximum Gasteiger partial charge on any atom is 0.265 e. The third kappa shape index (κ3) is 3.34. The van der Waals surface area contributed by atoms with Crippen molar-refractivity contribution < 1.29 is 21.4 Å². The number of hydrogen-bond acceptors (Lipinski definition) is 7. The minimum atomic E-state index is -4.01. The Morgan fingerprint density at radius 3 is 2.38 bits per heavy atom. The molecular formula is C11H13N3O5S2. The standard InChI is InChI=1S/C11H13N3O5S2/c1-12-9-4-3-8(20(2,15)16)7-10(9)21(17,18)14-11-5-6-19-13-11/h3-7,12H,1-2H3,(H,13,14). The molecule has 8 nitrogen and oxygen atoms in total. The molecule has 0 aliphatic rings. The van der Waals surface area contributed by atoms with Gasteiger partial charge in [0.2, 0.25) is 0 Å². The molecule has 0 amide bonds. The van der Waals surface area contributed by atoms with Crippen molar-refractivity contribution in [3.8, 4) is 0 Å². The average molecular weight is 331 g/mol. The largest absolute Gasteiger partial charge is 0.387 e. The topological polar surface area (TPSA) is 118 Å². The molecule has 0 unspecified atom stereocenters. The van der Waals surface area contributed by atoms with Crippen molar-refractivity contribution in [2.24, 2.45) is 0 Å². The molecule has 0 fully saturated rings. The summed E-state index contributed by atoms with van der Waals surface area (Å²) in [7, 11) is -6.00. The Hall–Kier alpha value is -2.07. The second-order valence-corrected chi connectivity index (χ2v) is 7.84. The van der Waals surface area contributed by atoms with Crippen LogP contribution >= 0.6 is 0 Å². The van der Waals surface area contributed by atoms with E-state index in [2.05, 4.69) is 19.7 Å². The fourth-order valence-electron chi connectivity index (χ4n) is 1.62. The fraction of sp³-hybridized carbons (Fsp3) is 0.182. The maximum atomic E-state index is 12.3. The lowest BCUT2D eigenvalue weighted by atomic mass is 10.3. The summed E-state index contributed by atoms with van der Waals surface area (Å²) in [6.45, 7) is 0. The summed E-state index contributed by atoms with van der Waals surface area (Å²) in [4.78, 5) is -0.294. The van der Waals surface area contributed by atoms with E-state index in [-0.39, 0.29) is 21.3 Å². The molecule has 21 heavy (non-hydrogen) atoms. The SMILES string of the molecule is CNc1ccc(S(C)(=O)=O)cc1S(=O)(=O)Nc1ccon1. The first kappa shape index (κ1) is 15.3. The van der Waals surface area contributed by atoms with Gasteiger partial charge in [0.05, 0.1) is 10.6 Å². The molecule has 0 aliphatic heterocycles. The summed E-state index contributed by atoms with van der Waals surface area (Å²) in [6, 6.07) is 5.13. The highest BCUT2D eigenvalue weighted by molar-refractivity contribution is 7.93. The number of sulfone groups is 1. The number of sulfonamides is 1. The highest BCUT2D eigenvalue weighted by Crippen LogP contribution is 2.26. The van der Waals surface area contributed by atoms with Gasteiger partial charge in [0.25, 0.3) is 10.0 Å². The van der Waals surface area contributed by atoms with Gasteiger partial charge in [-0.3, -0.25) is 4.72 Å². The monoisotopic (exact) mass is 331 g/mol. The van der Waals surface area contributed by atoms with E-state index in [9.17, 15) is 16.8 Å². The van der Waals surface area contributed by atoms with Gasteiger partial charge in [-0.2, -0.15) is 0 Å². The average Bonchev–Trinajstić information content (AvgIpc) is 2.89. The number of aromatic nitrogens is 1. The van der Waals surface area contributed by atoms with E-state index >= 15 is 0 Å². The van der Waals surface area contributed by atoms with Gasteiger partial charge in [-0.15, -0.1) is 0 Å². The van der Waals surface area contributed by atoms with E-state index < -0.39 is 19.9 Å². The third-order valence-electron chi connectivity index (χ3n) is 2.62. The molecule has 2 N–H and O–H groups in total. The first-order valence-corrected chi connectivity index (χ1v) is 9.06. The van der Waals surface area contributed by atoms with Gasteiger partial charge in [0.15, 0.2) is 15.7 Å². The Bertz CT molecular complexity index is 842. The Balaban J connectivity index is 2.55. The normalized spacial score (nSPS) is 12.1. The zero-order valence-corrected chi connectivity index (χ0v) is 12.8. The van der Waals surface area contributed by atoms with Gasteiger partial charge >= 0.3 is 0 Å². The van der Waals surface area contributed by atoms with Crippen LogP contribution in [0.15, 0.2) is 44.8 Å². The number of benzene rings is 1. The lowest BCUT2D eigenvalue weighted by Crippen LogP contribution is -2.15. The summed E-state index contributed by atoms with van der Waals surface area (Å²) in [5.74, 6) is 0.00168. The molecule has 0 saturated carbocycles. The number of rotatable bonds is 5. The third-order valence-corrected chi connectivity index (χ3v) is 5.12. The van der Waals surface area contributed by atoms with Crippen LogP contribution in [0.4, 0.5) is 11.5 Å². The molecule has 1 heterocycles. The molecule has 1 aromatic carbocycles. The second-order valence-electron chi connectivity index (χ2n) is 4.17. The fourth-order valence-corrected chi connectivity index (χ4v) is 3.57. The first-order valence-electron chi connectivity index (χ1n) is 5.69. The second kappa shape index (κ2) is 5.37. The number of nitrogens with one attached hydrogen (secondary N) is 2. The van der Waals surface area contributed by atoms with Gasteiger partial charge in [-0.1, -0.05) is 5.16 Å². The van der Waals surface area contributed by atoms with E-state index in [0.29, 0.717) is 0 Å². The van der Waals surface area contributed by atoms with Gasteiger partial charge in [-0.25, -0.2) is 16.8 Å². The quantitative estimate of drug-likeness (QED) is 0.836. The van der Waals surface area contributed by atoms with Gasteiger partial charge in [0, 0.05) is 19.4 Å². The van der Waals surface area contributed by atoms with Gasteiger partial charge < -0.3 is 9.84 Å². The summed E-state index contributed by atoms with van der Waals surface area (Å²) in [5, 5.41) is 6.15. The van der Waals surface area contributed by atoms with Crippen LogP contribution in [-0.2, 0) is 19.9 Å². The van der Waals surface area contributed by atoms with E-state index in [1.807, 2.05) is 0 Å². The van der Waals surface area contributed by atoms with E-state index in [1.54, 1.807) is 0 Å². The number of nitrogens with zero attached hydrogens (tertiary/aromatic N) is 1. The summed E-state index contributed by atoms with van der Waals surface area (Å²) < 4.78 is 54.5. The maximum absolute atomic E-state index is 12.3. The Labute approximate surface area is 122 Å². The van der Waals surface area contributed by atoms with Crippen LogP contribution in [0.25, 0.3) is 0 Å². The van der Waals surface area contributed by atoms with Crippen molar-refractivity contribution in [2.45, 2.75) is 9.79 Å². The van der Waals surface area contributed by atoms with Crippen LogP contribution in [0.5, 0.6) is 0 Å². The van der Waals surface area contributed by atoms with Crippen molar-refractivity contribution in [1.29, 1.82) is 0 Å². The lowest BCUT2D eigenvalue weighted by molar-refractivity contribution is 0.423. The molecule has 0 spiro atoms. The molecule has 2 rings (SSSR count). The molecule has 0 bridgehead atoms. The van der Waals surface area contributed by atoms with Crippen LogP contribution in [0.2, 0.25) is 0 Å². The molecule has 0 aliphatic carbocycles. The molecular weight excluding hydrogens is 318 g/mol. The first-order chi connectivity index (χ1) is 9.74. The van der Waals surface area contributed by atoms with E-state index in [4.69, 9.17) is 0 Å². The summed E-state index contributed by atoms with van der Waals surface area (Å²) in [6.07, 6.45) is 2.21. The molecule has 0 atom stereocenters. The smallest absolute Gasteiger partial charge is 0.265 e. The molecule has 2 aromatic rings. The van der Waals surface area contributed by atoms with Crippen molar-refractivity contribution in [2.75, 3.05) is 23.3 Å². The lowest BCUT2D eigenvalue weighted by Gasteiger charge is -2.11. The van der Waals surface area contributed by atoms with Crippen LogP contribution in [-0.4, -0.2) is 35.3 Å². The van der Waals surface area contributed by atoms with E-state index in [0.717, 1.165) is 12.3 Å². The predicted molar refractivity (Wildman–Crippen MR) is 76.4 cm³/mol. The minimum absolute atomic E-state index is 0.00168. The Kier molecular flexibility index (Phi) is 3.92. The van der Waals surface area contributed by atoms with E-state index in [1.165, 1.54) is 31.5 Å². The molecule has 10 heteroatoms.